The van der Waals surface area contributed by atoms with Crippen LogP contribution >= 0.6 is 23.2 Å². The van der Waals surface area contributed by atoms with Gasteiger partial charge in [0.25, 0.3) is 0 Å². The van der Waals surface area contributed by atoms with Gasteiger partial charge in [-0.2, -0.15) is 0 Å². The molecule has 0 amide bonds. The van der Waals surface area contributed by atoms with E-state index in [1.165, 1.54) is 7.11 Å². The molecule has 0 aliphatic carbocycles. The number of nitrogens with one attached hydrogen (secondary N) is 1. The van der Waals surface area contributed by atoms with E-state index < -0.39 is 0 Å². The van der Waals surface area contributed by atoms with Crippen LogP contribution in [0.25, 0.3) is 0 Å². The molecule has 104 valence electrons. The molecule has 0 aromatic heterocycles. The number of carbonyl (C=O) groups excluding carboxylic acids is 1. The molecule has 0 radical (unpaired) electrons. The molecule has 0 saturated carbocycles. The number of anilines is 1. The molecule has 0 atom stereocenters. The van der Waals surface area contributed by atoms with Crippen molar-refractivity contribution in [3.63, 3.8) is 0 Å². The first-order chi connectivity index (χ1) is 9.60. The van der Waals surface area contributed by atoms with Gasteiger partial charge in [0.2, 0.25) is 0 Å². The fourth-order valence-corrected chi connectivity index (χ4v) is 2.21. The van der Waals surface area contributed by atoms with Crippen molar-refractivity contribution in [1.29, 1.82) is 0 Å². The molecular formula is C15H13Cl2NO2. The van der Waals surface area contributed by atoms with Crippen molar-refractivity contribution in [2.24, 2.45) is 0 Å². The van der Waals surface area contributed by atoms with Crippen LogP contribution in [0, 0.1) is 0 Å². The van der Waals surface area contributed by atoms with E-state index in [-0.39, 0.29) is 5.97 Å². The molecule has 3 nitrogen and oxygen atoms in total. The van der Waals surface area contributed by atoms with Crippen LogP contribution in [-0.2, 0) is 11.3 Å². The van der Waals surface area contributed by atoms with Crippen molar-refractivity contribution >= 4 is 34.9 Å². The van der Waals surface area contributed by atoms with Gasteiger partial charge < -0.3 is 10.1 Å². The number of benzene rings is 2. The molecule has 5 heteroatoms. The molecule has 0 bridgehead atoms. The predicted molar refractivity (Wildman–Crippen MR) is 81.6 cm³/mol. The van der Waals surface area contributed by atoms with Crippen LogP contribution in [0.1, 0.15) is 15.9 Å². The quantitative estimate of drug-likeness (QED) is 0.851. The highest BCUT2D eigenvalue weighted by molar-refractivity contribution is 6.35. The topological polar surface area (TPSA) is 38.3 Å². The van der Waals surface area contributed by atoms with E-state index in [9.17, 15) is 4.79 Å². The number of ether oxygens (including phenoxy) is 1. The Morgan fingerprint density at radius 1 is 1.20 bits per heavy atom. The number of halogens is 2. The largest absolute Gasteiger partial charge is 0.465 e. The van der Waals surface area contributed by atoms with Gasteiger partial charge in [-0.3, -0.25) is 0 Å². The summed E-state index contributed by atoms with van der Waals surface area (Å²) in [7, 11) is 1.36. The van der Waals surface area contributed by atoms with Gasteiger partial charge in [-0.1, -0.05) is 35.3 Å². The van der Waals surface area contributed by atoms with Gasteiger partial charge in [0, 0.05) is 22.3 Å². The summed E-state index contributed by atoms with van der Waals surface area (Å²) in [5.41, 5.74) is 2.25. The van der Waals surface area contributed by atoms with Gasteiger partial charge in [0.05, 0.1) is 12.7 Å². The van der Waals surface area contributed by atoms with Gasteiger partial charge in [0.1, 0.15) is 0 Å². The fraction of sp³-hybridized carbons (Fsp3) is 0.133. The molecule has 2 rings (SSSR count). The number of carbonyl (C=O) groups is 1. The van der Waals surface area contributed by atoms with Gasteiger partial charge >= 0.3 is 5.97 Å². The number of hydrogen-bond acceptors (Lipinski definition) is 3. The summed E-state index contributed by atoms with van der Waals surface area (Å²) in [5, 5.41) is 4.41. The van der Waals surface area contributed by atoms with E-state index in [4.69, 9.17) is 23.2 Å². The van der Waals surface area contributed by atoms with Crippen molar-refractivity contribution in [2.75, 3.05) is 12.4 Å². The number of esters is 1. The lowest BCUT2D eigenvalue weighted by Gasteiger charge is -2.09. The molecule has 0 spiro atoms. The zero-order chi connectivity index (χ0) is 14.5. The van der Waals surface area contributed by atoms with Gasteiger partial charge in [-0.15, -0.1) is 0 Å². The van der Waals surface area contributed by atoms with E-state index in [2.05, 4.69) is 10.1 Å². The Balaban J connectivity index is 2.09. The molecule has 0 aliphatic rings. The fourth-order valence-electron chi connectivity index (χ4n) is 1.74. The van der Waals surface area contributed by atoms with Crippen LogP contribution in [0.4, 0.5) is 5.69 Å². The van der Waals surface area contributed by atoms with Crippen molar-refractivity contribution in [1.82, 2.24) is 0 Å². The maximum atomic E-state index is 11.4. The lowest BCUT2D eigenvalue weighted by molar-refractivity contribution is 0.0601. The standard InChI is InChI=1S/C15H13Cl2NO2/c1-20-15(19)10-3-2-4-13(7-10)18-9-11-5-6-12(16)8-14(11)17/h2-8,18H,9H2,1H3. The molecule has 20 heavy (non-hydrogen) atoms. The second-order valence-electron chi connectivity index (χ2n) is 4.16. The highest BCUT2D eigenvalue weighted by Crippen LogP contribution is 2.22. The van der Waals surface area contributed by atoms with E-state index in [0.717, 1.165) is 11.3 Å². The van der Waals surface area contributed by atoms with E-state index >= 15 is 0 Å². The minimum atomic E-state index is -0.363. The first-order valence-electron chi connectivity index (χ1n) is 5.96. The molecule has 1 N–H and O–H groups in total. The van der Waals surface area contributed by atoms with Crippen molar-refractivity contribution < 1.29 is 9.53 Å². The molecule has 2 aromatic carbocycles. The average molecular weight is 310 g/mol. The summed E-state index contributed by atoms with van der Waals surface area (Å²) in [6, 6.07) is 12.4. The Morgan fingerprint density at radius 3 is 2.70 bits per heavy atom. The van der Waals surface area contributed by atoms with E-state index in [0.29, 0.717) is 22.2 Å². The molecule has 0 heterocycles. The maximum absolute atomic E-state index is 11.4. The van der Waals surface area contributed by atoms with Crippen LogP contribution in [0.15, 0.2) is 42.5 Å². The van der Waals surface area contributed by atoms with Gasteiger partial charge in [-0.25, -0.2) is 4.79 Å². The van der Waals surface area contributed by atoms with Gasteiger partial charge in [0.15, 0.2) is 0 Å². The summed E-state index contributed by atoms with van der Waals surface area (Å²) in [6.45, 7) is 0.542. The van der Waals surface area contributed by atoms with Crippen LogP contribution in [0.5, 0.6) is 0 Å². The summed E-state index contributed by atoms with van der Waals surface area (Å²) in [4.78, 5) is 11.4. The number of hydrogen-bond donors (Lipinski definition) is 1. The third-order valence-electron chi connectivity index (χ3n) is 2.78. The van der Waals surface area contributed by atoms with Crippen molar-refractivity contribution in [3.05, 3.63) is 63.6 Å². The zero-order valence-electron chi connectivity index (χ0n) is 10.8. The lowest BCUT2D eigenvalue weighted by atomic mass is 10.2. The predicted octanol–water partition coefficient (Wildman–Crippen LogP) is 4.39. The zero-order valence-corrected chi connectivity index (χ0v) is 12.3. The van der Waals surface area contributed by atoms with Crippen molar-refractivity contribution in [2.45, 2.75) is 6.54 Å². The lowest BCUT2D eigenvalue weighted by Crippen LogP contribution is -2.04. The minimum Gasteiger partial charge on any atom is -0.465 e. The van der Waals surface area contributed by atoms with Crippen molar-refractivity contribution in [3.8, 4) is 0 Å². The molecular weight excluding hydrogens is 297 g/mol. The normalized spacial score (nSPS) is 10.2. The maximum Gasteiger partial charge on any atom is 0.337 e. The Morgan fingerprint density at radius 2 is 2.00 bits per heavy atom. The SMILES string of the molecule is COC(=O)c1cccc(NCc2ccc(Cl)cc2Cl)c1. The summed E-state index contributed by atoms with van der Waals surface area (Å²) in [6.07, 6.45) is 0. The smallest absolute Gasteiger partial charge is 0.337 e. The molecule has 2 aromatic rings. The summed E-state index contributed by atoms with van der Waals surface area (Å²) >= 11 is 12.0. The third kappa shape index (κ3) is 3.65. The number of methoxy groups -OCH3 is 1. The molecule has 0 unspecified atom stereocenters. The average Bonchev–Trinajstić information content (AvgIpc) is 2.46. The third-order valence-corrected chi connectivity index (χ3v) is 3.37. The second-order valence-corrected chi connectivity index (χ2v) is 5.01. The first kappa shape index (κ1) is 14.7. The Hall–Kier alpha value is -1.71. The highest BCUT2D eigenvalue weighted by Gasteiger charge is 2.06. The first-order valence-corrected chi connectivity index (χ1v) is 6.72. The number of rotatable bonds is 4. The summed E-state index contributed by atoms with van der Waals surface area (Å²) in [5.74, 6) is -0.363. The van der Waals surface area contributed by atoms with Crippen LogP contribution in [0.2, 0.25) is 10.0 Å². The minimum absolute atomic E-state index is 0.363. The van der Waals surface area contributed by atoms with E-state index in [1.54, 1.807) is 30.3 Å². The second kappa shape index (κ2) is 6.64. The molecule has 0 aliphatic heterocycles. The van der Waals surface area contributed by atoms with Gasteiger partial charge in [-0.05, 0) is 35.9 Å². The Bertz CT molecular complexity index is 629. The Kier molecular flexibility index (Phi) is 4.88. The Labute approximate surface area is 127 Å². The summed E-state index contributed by atoms with van der Waals surface area (Å²) < 4.78 is 4.68. The van der Waals surface area contributed by atoms with Crippen LogP contribution < -0.4 is 5.32 Å². The van der Waals surface area contributed by atoms with E-state index in [1.807, 2.05) is 12.1 Å². The van der Waals surface area contributed by atoms with Crippen LogP contribution in [0.3, 0.4) is 0 Å². The molecule has 0 saturated heterocycles. The monoisotopic (exact) mass is 309 g/mol. The van der Waals surface area contributed by atoms with Crippen LogP contribution in [-0.4, -0.2) is 13.1 Å². The molecule has 0 fully saturated rings. The highest BCUT2D eigenvalue weighted by atomic mass is 35.5.